The Bertz CT molecular complexity index is 1680. The summed E-state index contributed by atoms with van der Waals surface area (Å²) in [6.07, 6.45) is 5.10. The molecule has 3 heterocycles. The highest BCUT2D eigenvalue weighted by molar-refractivity contribution is 7.92. The molecule has 0 spiro atoms. The van der Waals surface area contributed by atoms with Crippen LogP contribution in [0.4, 0.5) is 11.4 Å². The van der Waals surface area contributed by atoms with E-state index in [2.05, 4.69) is 68.7 Å². The number of epoxide rings is 1. The third-order valence-corrected chi connectivity index (χ3v) is 14.9. The van der Waals surface area contributed by atoms with Gasteiger partial charge >= 0.3 is 0 Å². The molecule has 6 atom stereocenters. The molecule has 2 fully saturated rings. The van der Waals surface area contributed by atoms with Crippen LogP contribution < -0.4 is 9.21 Å². The van der Waals surface area contributed by atoms with Crippen LogP contribution in [0.25, 0.3) is 0 Å². The van der Waals surface area contributed by atoms with Crippen molar-refractivity contribution in [2.24, 2.45) is 10.2 Å². The number of azo groups is 1. The van der Waals surface area contributed by atoms with Crippen LogP contribution in [0.2, 0.25) is 25.7 Å². The Kier molecular flexibility index (Phi) is 6.72. The van der Waals surface area contributed by atoms with Crippen molar-refractivity contribution in [3.05, 3.63) is 59.2 Å². The lowest BCUT2D eigenvalue weighted by Gasteiger charge is -2.33. The molecule has 0 N–H and O–H groups in total. The number of benzene rings is 2. The maximum atomic E-state index is 14.1. The third-order valence-electron chi connectivity index (χ3n) is 11.0. The van der Waals surface area contributed by atoms with E-state index in [1.165, 1.54) is 5.56 Å². The molecule has 7 rings (SSSR count). The number of nitrogens with zero attached hydrogens (tertiary/aromatic N) is 5. The smallest absolute Gasteiger partial charge is 0.235 e. The predicted octanol–water partition coefficient (Wildman–Crippen LogP) is 7.06. The first kappa shape index (κ1) is 29.9. The maximum absolute atomic E-state index is 14.1. The highest BCUT2D eigenvalue weighted by atomic mass is 32.2. The fraction of sp³-hybridized carbons (Fsp3) is 0.618. The molecule has 0 amide bonds. The zero-order chi connectivity index (χ0) is 31.3. The van der Waals surface area contributed by atoms with Gasteiger partial charge in [-0.25, -0.2) is 8.42 Å². The van der Waals surface area contributed by atoms with E-state index in [1.807, 2.05) is 25.2 Å². The van der Waals surface area contributed by atoms with Crippen molar-refractivity contribution >= 4 is 29.5 Å². The summed E-state index contributed by atoms with van der Waals surface area (Å²) in [5.74, 6) is 0.392. The maximum Gasteiger partial charge on any atom is 0.235 e. The Hall–Kier alpha value is -2.74. The average molecular weight is 632 g/mol. The van der Waals surface area contributed by atoms with Crippen LogP contribution in [-0.2, 0) is 25.8 Å². The molecule has 234 valence electrons. The van der Waals surface area contributed by atoms with Gasteiger partial charge < -0.3 is 9.64 Å². The monoisotopic (exact) mass is 631 g/mol. The number of hydrogen-bond donors (Lipinski definition) is 0. The third kappa shape index (κ3) is 4.33. The van der Waals surface area contributed by atoms with E-state index in [1.54, 1.807) is 4.31 Å². The van der Waals surface area contributed by atoms with E-state index in [0.29, 0.717) is 6.42 Å². The van der Waals surface area contributed by atoms with Crippen LogP contribution in [0.3, 0.4) is 0 Å². The largest absolute Gasteiger partial charge is 0.366 e. The number of rotatable bonds is 7. The van der Waals surface area contributed by atoms with Gasteiger partial charge in [-0.1, -0.05) is 50.0 Å². The summed E-state index contributed by atoms with van der Waals surface area (Å²) < 4.78 is 36.1. The quantitative estimate of drug-likeness (QED) is 0.185. The topological polar surface area (TPSA) is 102 Å². The summed E-state index contributed by atoms with van der Waals surface area (Å²) >= 11 is 0. The molecule has 8 nitrogen and oxygen atoms in total. The van der Waals surface area contributed by atoms with Gasteiger partial charge in [-0.15, -0.1) is 0 Å². The van der Waals surface area contributed by atoms with Gasteiger partial charge in [-0.3, -0.25) is 4.31 Å². The first-order valence-electron chi connectivity index (χ1n) is 16.3. The van der Waals surface area contributed by atoms with Gasteiger partial charge in [0.15, 0.2) is 0 Å². The van der Waals surface area contributed by atoms with Gasteiger partial charge in [0.2, 0.25) is 10.0 Å². The zero-order valence-corrected chi connectivity index (χ0v) is 28.7. The summed E-state index contributed by atoms with van der Waals surface area (Å²) in [5, 5.41) is 21.4. The van der Waals surface area contributed by atoms with Crippen LogP contribution in [-0.4, -0.2) is 53.1 Å². The van der Waals surface area contributed by atoms with Gasteiger partial charge in [-0.05, 0) is 76.1 Å². The number of sulfonamides is 1. The normalized spacial score (nSPS) is 33.6. The molecule has 5 aliphatic rings. The molecule has 10 heteroatoms. The highest BCUT2D eigenvalue weighted by Crippen LogP contribution is 2.60. The number of para-hydroxylation sites is 1. The van der Waals surface area contributed by atoms with Crippen molar-refractivity contribution in [1.82, 2.24) is 0 Å². The second-order valence-electron chi connectivity index (χ2n) is 15.4. The van der Waals surface area contributed by atoms with Gasteiger partial charge in [-0.2, -0.15) is 15.5 Å². The van der Waals surface area contributed by atoms with Crippen molar-refractivity contribution in [2.75, 3.05) is 22.0 Å². The summed E-state index contributed by atoms with van der Waals surface area (Å²) in [5.41, 5.74) is 3.33. The van der Waals surface area contributed by atoms with Crippen LogP contribution in [0.1, 0.15) is 75.0 Å². The highest BCUT2D eigenvalue weighted by Gasteiger charge is 2.61. The number of hydrogen-bond acceptors (Lipinski definition) is 7. The SMILES string of the molecule is CN1c2cccc3c2[C@@](N=N[C@]24CCC[C@H]2N(S(=O)(=O)CC[Si](C)(C)C)c2ccccc24)(CCC[C@@H]3[C@H]2OC2(C)C)[C@H]1C#N. The molecule has 1 saturated heterocycles. The van der Waals surface area contributed by atoms with Crippen LogP contribution in [0.15, 0.2) is 52.7 Å². The molecule has 0 bridgehead atoms. The molecule has 1 saturated carbocycles. The molecule has 44 heavy (non-hydrogen) atoms. The average Bonchev–Trinajstić information content (AvgIpc) is 3.22. The summed E-state index contributed by atoms with van der Waals surface area (Å²) in [6.45, 7) is 11.0. The summed E-state index contributed by atoms with van der Waals surface area (Å²) in [4.78, 5) is 2.08. The van der Waals surface area contributed by atoms with E-state index >= 15 is 0 Å². The Morgan fingerprint density at radius 1 is 1.00 bits per heavy atom. The molecule has 0 radical (unpaired) electrons. The molecule has 0 aromatic heterocycles. The fourth-order valence-electron chi connectivity index (χ4n) is 8.78. The number of ether oxygens (including phenoxy) is 1. The standard InChI is InChI=1S/C34H45N5O3SSi/c1-32(2)31(42-32)24-13-10-19-34(29(22-35)38(3)27-16-9-12-23(24)30(27)34)37-36-33-18-11-17-28(33)39(26-15-8-7-14-25(26)33)43(40,41)20-21-44(4,5)6/h7-9,12,14-16,24,28-29,31H,10-11,13,17-21H2,1-6H3/t24-,28+,29+,31+,33-,34+/m0/s1. The van der Waals surface area contributed by atoms with Crippen molar-refractivity contribution < 1.29 is 13.2 Å². The van der Waals surface area contributed by atoms with Crippen LogP contribution in [0, 0.1) is 11.3 Å². The fourth-order valence-corrected chi connectivity index (χ4v) is 13.6. The molecular formula is C34H45N5O3SSi. The molecule has 0 unspecified atom stereocenters. The Balaban J connectivity index is 1.35. The summed E-state index contributed by atoms with van der Waals surface area (Å²) in [7, 11) is -3.14. The number of likely N-dealkylation sites (N-methyl/N-ethyl adjacent to an activating group) is 1. The van der Waals surface area contributed by atoms with Gasteiger partial charge in [0.05, 0.1) is 35.3 Å². The number of nitriles is 1. The van der Waals surface area contributed by atoms with E-state index in [9.17, 15) is 13.7 Å². The minimum Gasteiger partial charge on any atom is -0.366 e. The lowest BCUT2D eigenvalue weighted by molar-refractivity contribution is 0.305. The van der Waals surface area contributed by atoms with Crippen molar-refractivity contribution in [1.29, 1.82) is 5.26 Å². The summed E-state index contributed by atoms with van der Waals surface area (Å²) in [6, 6.07) is 16.9. The Morgan fingerprint density at radius 2 is 1.66 bits per heavy atom. The van der Waals surface area contributed by atoms with Gasteiger partial charge in [0.25, 0.3) is 0 Å². The van der Waals surface area contributed by atoms with E-state index < -0.39 is 35.2 Å². The first-order valence-corrected chi connectivity index (χ1v) is 21.6. The molecular weight excluding hydrogens is 587 g/mol. The first-order chi connectivity index (χ1) is 20.8. The van der Waals surface area contributed by atoms with Gasteiger partial charge in [0, 0.05) is 37.9 Å². The second kappa shape index (κ2) is 9.88. The lowest BCUT2D eigenvalue weighted by Crippen LogP contribution is -2.45. The molecule has 2 aliphatic carbocycles. The Labute approximate surface area is 263 Å². The van der Waals surface area contributed by atoms with E-state index in [0.717, 1.165) is 60.6 Å². The van der Waals surface area contributed by atoms with Gasteiger partial charge in [0.1, 0.15) is 17.1 Å². The predicted molar refractivity (Wildman–Crippen MR) is 177 cm³/mol. The van der Waals surface area contributed by atoms with E-state index in [-0.39, 0.29) is 29.4 Å². The molecule has 3 aliphatic heterocycles. The van der Waals surface area contributed by atoms with Crippen LogP contribution >= 0.6 is 0 Å². The van der Waals surface area contributed by atoms with Crippen molar-refractivity contribution in [3.8, 4) is 6.07 Å². The number of fused-ring (bicyclic) bond motifs is 3. The zero-order valence-electron chi connectivity index (χ0n) is 26.9. The minimum absolute atomic E-state index is 0.141. The van der Waals surface area contributed by atoms with Crippen molar-refractivity contribution in [2.45, 2.75) is 119 Å². The van der Waals surface area contributed by atoms with E-state index in [4.69, 9.17) is 15.0 Å². The van der Waals surface area contributed by atoms with Crippen molar-refractivity contribution in [3.63, 3.8) is 0 Å². The minimum atomic E-state index is -3.56. The number of anilines is 2. The molecule has 2 aromatic rings. The van der Waals surface area contributed by atoms with Crippen LogP contribution in [0.5, 0.6) is 0 Å². The Morgan fingerprint density at radius 3 is 2.36 bits per heavy atom. The molecule has 2 aromatic carbocycles. The lowest BCUT2D eigenvalue weighted by atomic mass is 9.80. The second-order valence-corrected chi connectivity index (χ2v) is 23.0.